The van der Waals surface area contributed by atoms with Crippen LogP contribution >= 0.6 is 12.4 Å². The zero-order chi connectivity index (χ0) is 14.1. The Morgan fingerprint density at radius 2 is 1.71 bits per heavy atom. The molecule has 7 nitrogen and oxygen atoms in total. The number of carbonyl (C=O) groups is 1. The highest BCUT2D eigenvalue weighted by atomic mass is 35.5. The average Bonchev–Trinajstić information content (AvgIpc) is 3.06. The van der Waals surface area contributed by atoms with E-state index < -0.39 is 0 Å². The van der Waals surface area contributed by atoms with Gasteiger partial charge < -0.3 is 19.7 Å². The molecule has 2 atom stereocenters. The first kappa shape index (κ1) is 15.8. The molecule has 3 rings (SSSR count). The van der Waals surface area contributed by atoms with Crippen molar-refractivity contribution < 1.29 is 14.3 Å². The highest BCUT2D eigenvalue weighted by Gasteiger charge is 2.39. The van der Waals surface area contributed by atoms with E-state index in [1.807, 2.05) is 4.90 Å². The van der Waals surface area contributed by atoms with Crippen molar-refractivity contribution in [3.05, 3.63) is 11.9 Å². The minimum absolute atomic E-state index is 0. The molecule has 0 aliphatic carbocycles. The van der Waals surface area contributed by atoms with Gasteiger partial charge in [0, 0.05) is 26.2 Å². The van der Waals surface area contributed by atoms with Crippen LogP contribution in [0.3, 0.4) is 0 Å². The Bertz CT molecular complexity index is 494. The van der Waals surface area contributed by atoms with Gasteiger partial charge in [0.1, 0.15) is 6.33 Å². The van der Waals surface area contributed by atoms with Gasteiger partial charge in [0.2, 0.25) is 11.8 Å². The van der Waals surface area contributed by atoms with Crippen molar-refractivity contribution in [3.8, 4) is 11.8 Å². The predicted octanol–water partition coefficient (Wildman–Crippen LogP) is 0.207. The lowest BCUT2D eigenvalue weighted by atomic mass is 10.0. The molecule has 21 heavy (non-hydrogen) atoms. The highest BCUT2D eigenvalue weighted by molar-refractivity contribution is 5.98. The van der Waals surface area contributed by atoms with Crippen LogP contribution in [-0.4, -0.2) is 61.2 Å². The van der Waals surface area contributed by atoms with E-state index in [1.165, 1.54) is 20.5 Å². The monoisotopic (exact) mass is 314 g/mol. The van der Waals surface area contributed by atoms with Crippen LogP contribution in [0.4, 0.5) is 0 Å². The first-order valence-electron chi connectivity index (χ1n) is 6.67. The average molecular weight is 315 g/mol. The number of carbonyl (C=O) groups excluding carboxylic acids is 1. The molecule has 1 N–H and O–H groups in total. The number of hydrogen-bond acceptors (Lipinski definition) is 6. The third kappa shape index (κ3) is 2.75. The van der Waals surface area contributed by atoms with Crippen LogP contribution < -0.4 is 14.8 Å². The van der Waals surface area contributed by atoms with Crippen LogP contribution in [0.5, 0.6) is 11.8 Å². The third-order valence-corrected chi connectivity index (χ3v) is 4.05. The van der Waals surface area contributed by atoms with Gasteiger partial charge in [0.05, 0.1) is 14.2 Å². The maximum Gasteiger partial charge on any atom is 0.264 e. The molecule has 0 bridgehead atoms. The Kier molecular flexibility index (Phi) is 4.84. The quantitative estimate of drug-likeness (QED) is 0.859. The number of likely N-dealkylation sites (tertiary alicyclic amines) is 1. The molecule has 0 aromatic carbocycles. The first-order valence-corrected chi connectivity index (χ1v) is 6.67. The molecule has 0 saturated carbocycles. The largest absolute Gasteiger partial charge is 0.480 e. The minimum atomic E-state index is -0.117. The van der Waals surface area contributed by atoms with Crippen molar-refractivity contribution in [2.24, 2.45) is 11.8 Å². The molecule has 1 aromatic heterocycles. The van der Waals surface area contributed by atoms with Crippen LogP contribution in [0.2, 0.25) is 0 Å². The molecule has 2 fully saturated rings. The van der Waals surface area contributed by atoms with Gasteiger partial charge in [-0.1, -0.05) is 0 Å². The summed E-state index contributed by atoms with van der Waals surface area (Å²) in [5, 5.41) is 3.36. The Morgan fingerprint density at radius 3 is 2.19 bits per heavy atom. The summed E-state index contributed by atoms with van der Waals surface area (Å²) in [6.07, 6.45) is 1.33. The number of halogens is 1. The summed E-state index contributed by atoms with van der Waals surface area (Å²) in [6.45, 7) is 3.48. The number of nitrogens with one attached hydrogen (secondary N) is 1. The Balaban J connectivity index is 0.00000161. The van der Waals surface area contributed by atoms with Gasteiger partial charge in [-0.15, -0.1) is 12.4 Å². The van der Waals surface area contributed by atoms with Crippen LogP contribution in [0.15, 0.2) is 6.33 Å². The van der Waals surface area contributed by atoms with E-state index in [0.717, 1.165) is 26.2 Å². The molecule has 8 heteroatoms. The second-order valence-corrected chi connectivity index (χ2v) is 5.16. The molecule has 1 aromatic rings. The fourth-order valence-corrected chi connectivity index (χ4v) is 3.03. The summed E-state index contributed by atoms with van der Waals surface area (Å²) in [7, 11) is 2.97. The molecule has 1 amide bonds. The van der Waals surface area contributed by atoms with Crippen LogP contribution in [0.25, 0.3) is 0 Å². The van der Waals surface area contributed by atoms with Gasteiger partial charge in [-0.25, -0.2) is 9.97 Å². The lowest BCUT2D eigenvalue weighted by Gasteiger charge is -2.19. The lowest BCUT2D eigenvalue weighted by Crippen LogP contribution is -2.32. The van der Waals surface area contributed by atoms with Gasteiger partial charge in [0.25, 0.3) is 5.91 Å². The molecule has 2 aliphatic heterocycles. The highest BCUT2D eigenvalue weighted by Crippen LogP contribution is 2.31. The number of rotatable bonds is 3. The van der Waals surface area contributed by atoms with Gasteiger partial charge in [0.15, 0.2) is 5.56 Å². The normalized spacial score (nSPS) is 23.4. The van der Waals surface area contributed by atoms with Crippen LogP contribution in [0, 0.1) is 11.8 Å². The van der Waals surface area contributed by atoms with Gasteiger partial charge >= 0.3 is 0 Å². The van der Waals surface area contributed by atoms with E-state index in [-0.39, 0.29) is 30.1 Å². The number of fused-ring (bicyclic) bond motifs is 1. The van der Waals surface area contributed by atoms with E-state index in [1.54, 1.807) is 0 Å². The molecule has 0 unspecified atom stereocenters. The number of methoxy groups -OCH3 is 2. The van der Waals surface area contributed by atoms with Crippen molar-refractivity contribution in [1.29, 1.82) is 0 Å². The Hall–Kier alpha value is -1.60. The molecule has 2 aliphatic rings. The molecular formula is C13H19ClN4O3. The summed E-state index contributed by atoms with van der Waals surface area (Å²) in [5.41, 5.74) is 0.311. The summed E-state index contributed by atoms with van der Waals surface area (Å²) in [4.78, 5) is 22.5. The fourth-order valence-electron chi connectivity index (χ4n) is 3.03. The van der Waals surface area contributed by atoms with E-state index >= 15 is 0 Å². The number of nitrogens with zero attached hydrogens (tertiary/aromatic N) is 3. The topological polar surface area (TPSA) is 76.6 Å². The lowest BCUT2D eigenvalue weighted by molar-refractivity contribution is 0.0772. The summed E-state index contributed by atoms with van der Waals surface area (Å²) in [6, 6.07) is 0. The van der Waals surface area contributed by atoms with Crippen molar-refractivity contribution in [3.63, 3.8) is 0 Å². The maximum absolute atomic E-state index is 12.7. The van der Waals surface area contributed by atoms with Crippen molar-refractivity contribution >= 4 is 18.3 Å². The van der Waals surface area contributed by atoms with Gasteiger partial charge in [-0.3, -0.25) is 4.79 Å². The van der Waals surface area contributed by atoms with Crippen LogP contribution in [0.1, 0.15) is 10.4 Å². The maximum atomic E-state index is 12.7. The molecule has 3 heterocycles. The first-order chi connectivity index (χ1) is 9.74. The van der Waals surface area contributed by atoms with Crippen molar-refractivity contribution in [2.45, 2.75) is 0 Å². The molecule has 0 radical (unpaired) electrons. The van der Waals surface area contributed by atoms with Crippen LogP contribution in [-0.2, 0) is 0 Å². The zero-order valence-corrected chi connectivity index (χ0v) is 12.9. The molecule has 0 spiro atoms. The van der Waals surface area contributed by atoms with Crippen molar-refractivity contribution in [2.75, 3.05) is 40.4 Å². The molecular weight excluding hydrogens is 296 g/mol. The smallest absolute Gasteiger partial charge is 0.264 e. The zero-order valence-electron chi connectivity index (χ0n) is 12.0. The molecule has 116 valence electrons. The number of ether oxygens (including phenoxy) is 2. The number of hydrogen-bond donors (Lipinski definition) is 1. The predicted molar refractivity (Wildman–Crippen MR) is 78.1 cm³/mol. The number of amides is 1. The van der Waals surface area contributed by atoms with Crippen molar-refractivity contribution in [1.82, 2.24) is 20.2 Å². The fraction of sp³-hybridized carbons (Fsp3) is 0.615. The Morgan fingerprint density at radius 1 is 1.19 bits per heavy atom. The number of aromatic nitrogens is 2. The minimum Gasteiger partial charge on any atom is -0.480 e. The van der Waals surface area contributed by atoms with E-state index in [4.69, 9.17) is 9.47 Å². The third-order valence-electron chi connectivity index (χ3n) is 4.05. The summed E-state index contributed by atoms with van der Waals surface area (Å²) >= 11 is 0. The van der Waals surface area contributed by atoms with E-state index in [2.05, 4.69) is 15.3 Å². The Labute approximate surface area is 129 Å². The van der Waals surface area contributed by atoms with Gasteiger partial charge in [-0.2, -0.15) is 0 Å². The van der Waals surface area contributed by atoms with Gasteiger partial charge in [-0.05, 0) is 11.8 Å². The SMILES string of the molecule is COc1ncnc(OC)c1C(=O)N1C[C@H]2CNC[C@H]2C1.Cl. The summed E-state index contributed by atoms with van der Waals surface area (Å²) < 4.78 is 10.3. The van der Waals surface area contributed by atoms with E-state index in [0.29, 0.717) is 17.4 Å². The van der Waals surface area contributed by atoms with E-state index in [9.17, 15) is 4.79 Å². The second-order valence-electron chi connectivity index (χ2n) is 5.16. The standard InChI is InChI=1S/C13H18N4O3.ClH/c1-19-11-10(12(20-2)16-7-15-11)13(18)17-5-8-3-14-4-9(8)6-17;/h7-9,14H,3-6H2,1-2H3;1H/t8-,9+;. The summed E-state index contributed by atoms with van der Waals surface area (Å²) in [5.74, 6) is 1.49. The molecule has 2 saturated heterocycles. The second kappa shape index (κ2) is 6.44.